The molecule has 39 heavy (non-hydrogen) atoms. The summed E-state index contributed by atoms with van der Waals surface area (Å²) in [6.07, 6.45) is 0.924. The van der Waals surface area contributed by atoms with Crippen molar-refractivity contribution in [2.45, 2.75) is 26.1 Å². The standard InChI is InChI=1S/C33H32N4OS/c34-21-27-10-7-11-28(20-27)22-35-32(38)30-16-14-26(15-17-30)23-37(19-18-25-8-3-1-4-9-25)33-36-31(24-39-33)29-12-5-2-6-13-29/h1-17,20,24H,18-19,21-23,34H2,(H,35,38). The SMILES string of the molecule is NCc1cccc(CNC(=O)c2ccc(CN(CCc3ccccc3)c3nc(-c4ccccc4)cs3)cc2)c1. The van der Waals surface area contributed by atoms with Gasteiger partial charge in [-0.25, -0.2) is 4.98 Å². The van der Waals surface area contributed by atoms with Crippen molar-refractivity contribution in [2.75, 3.05) is 11.4 Å². The predicted molar refractivity (Wildman–Crippen MR) is 161 cm³/mol. The Hall–Kier alpha value is -4.26. The zero-order chi connectivity index (χ0) is 26.9. The minimum absolute atomic E-state index is 0.0898. The van der Waals surface area contributed by atoms with E-state index in [-0.39, 0.29) is 5.91 Å². The lowest BCUT2D eigenvalue weighted by Gasteiger charge is -2.22. The molecular formula is C33H32N4OS. The highest BCUT2D eigenvalue weighted by molar-refractivity contribution is 7.14. The van der Waals surface area contributed by atoms with Crippen LogP contribution in [-0.4, -0.2) is 17.4 Å². The van der Waals surface area contributed by atoms with Crippen LogP contribution >= 0.6 is 11.3 Å². The summed E-state index contributed by atoms with van der Waals surface area (Å²) < 4.78 is 0. The Balaban J connectivity index is 1.27. The molecule has 0 unspecified atom stereocenters. The van der Waals surface area contributed by atoms with Crippen molar-refractivity contribution >= 4 is 22.4 Å². The summed E-state index contributed by atoms with van der Waals surface area (Å²) in [5.41, 5.74) is 13.0. The lowest BCUT2D eigenvalue weighted by molar-refractivity contribution is 0.0951. The number of anilines is 1. The number of amides is 1. The minimum Gasteiger partial charge on any atom is -0.348 e. The Morgan fingerprint density at radius 3 is 2.23 bits per heavy atom. The number of benzene rings is 4. The molecule has 196 valence electrons. The maximum atomic E-state index is 12.8. The van der Waals surface area contributed by atoms with E-state index in [9.17, 15) is 4.79 Å². The van der Waals surface area contributed by atoms with Gasteiger partial charge in [0.25, 0.3) is 5.91 Å². The van der Waals surface area contributed by atoms with Crippen LogP contribution in [0.5, 0.6) is 0 Å². The molecule has 0 aliphatic rings. The normalized spacial score (nSPS) is 10.8. The topological polar surface area (TPSA) is 71.2 Å². The van der Waals surface area contributed by atoms with Crippen LogP contribution in [0.4, 0.5) is 5.13 Å². The second kappa shape index (κ2) is 13.0. The number of aromatic nitrogens is 1. The van der Waals surface area contributed by atoms with E-state index >= 15 is 0 Å². The molecule has 1 heterocycles. The number of rotatable bonds is 11. The highest BCUT2D eigenvalue weighted by Gasteiger charge is 2.14. The lowest BCUT2D eigenvalue weighted by atomic mass is 10.1. The van der Waals surface area contributed by atoms with Gasteiger partial charge in [0.1, 0.15) is 0 Å². The quantitative estimate of drug-likeness (QED) is 0.205. The molecule has 0 aliphatic heterocycles. The maximum absolute atomic E-state index is 12.8. The van der Waals surface area contributed by atoms with Crippen molar-refractivity contribution in [3.05, 3.63) is 142 Å². The van der Waals surface area contributed by atoms with Crippen molar-refractivity contribution < 1.29 is 4.79 Å². The van der Waals surface area contributed by atoms with Crippen LogP contribution in [0.3, 0.4) is 0 Å². The van der Waals surface area contributed by atoms with Gasteiger partial charge in [0, 0.05) is 42.7 Å². The van der Waals surface area contributed by atoms with E-state index in [1.165, 1.54) is 5.56 Å². The Bertz CT molecular complexity index is 1480. The lowest BCUT2D eigenvalue weighted by Crippen LogP contribution is -2.25. The van der Waals surface area contributed by atoms with Crippen LogP contribution in [0.15, 0.2) is 115 Å². The third-order valence-corrected chi connectivity index (χ3v) is 7.52. The minimum atomic E-state index is -0.0898. The summed E-state index contributed by atoms with van der Waals surface area (Å²) in [6, 6.07) is 36.6. The fourth-order valence-corrected chi connectivity index (χ4v) is 5.30. The first-order valence-electron chi connectivity index (χ1n) is 13.1. The average Bonchev–Trinajstić information content (AvgIpc) is 3.50. The number of carbonyl (C=O) groups is 1. The molecular weight excluding hydrogens is 500 g/mol. The van der Waals surface area contributed by atoms with Crippen LogP contribution in [0.2, 0.25) is 0 Å². The molecule has 6 heteroatoms. The predicted octanol–water partition coefficient (Wildman–Crippen LogP) is 6.45. The zero-order valence-corrected chi connectivity index (χ0v) is 22.6. The molecule has 5 nitrogen and oxygen atoms in total. The van der Waals surface area contributed by atoms with Crippen molar-refractivity contribution in [2.24, 2.45) is 5.73 Å². The molecule has 0 bridgehead atoms. The number of nitrogens with one attached hydrogen (secondary N) is 1. The first kappa shape index (κ1) is 26.4. The third-order valence-electron chi connectivity index (χ3n) is 6.62. The average molecular weight is 533 g/mol. The second-order valence-electron chi connectivity index (χ2n) is 9.44. The zero-order valence-electron chi connectivity index (χ0n) is 21.8. The van der Waals surface area contributed by atoms with Gasteiger partial charge < -0.3 is 16.0 Å². The van der Waals surface area contributed by atoms with Gasteiger partial charge in [0.15, 0.2) is 5.13 Å². The van der Waals surface area contributed by atoms with E-state index < -0.39 is 0 Å². The molecule has 1 amide bonds. The van der Waals surface area contributed by atoms with E-state index in [1.54, 1.807) is 11.3 Å². The Labute approximate surface area is 234 Å². The summed E-state index contributed by atoms with van der Waals surface area (Å²) >= 11 is 1.66. The molecule has 5 aromatic rings. The Morgan fingerprint density at radius 1 is 0.795 bits per heavy atom. The van der Waals surface area contributed by atoms with Crippen LogP contribution in [0.25, 0.3) is 11.3 Å². The van der Waals surface area contributed by atoms with E-state index in [0.29, 0.717) is 25.2 Å². The fourth-order valence-electron chi connectivity index (χ4n) is 4.43. The van der Waals surface area contributed by atoms with Crippen molar-refractivity contribution in [1.82, 2.24) is 10.3 Å². The van der Waals surface area contributed by atoms with Gasteiger partial charge in [0.2, 0.25) is 0 Å². The first-order chi connectivity index (χ1) is 19.2. The summed E-state index contributed by atoms with van der Waals surface area (Å²) in [7, 11) is 0. The molecule has 0 aliphatic carbocycles. The molecule has 3 N–H and O–H groups in total. The molecule has 1 aromatic heterocycles. The van der Waals surface area contributed by atoms with Crippen LogP contribution in [-0.2, 0) is 26.1 Å². The summed E-state index contributed by atoms with van der Waals surface area (Å²) in [5.74, 6) is -0.0898. The monoisotopic (exact) mass is 532 g/mol. The van der Waals surface area contributed by atoms with Crippen molar-refractivity contribution in [3.63, 3.8) is 0 Å². The first-order valence-corrected chi connectivity index (χ1v) is 14.0. The molecule has 5 rings (SSSR count). The number of nitrogens with two attached hydrogens (primary N) is 1. The maximum Gasteiger partial charge on any atom is 0.251 e. The van der Waals surface area contributed by atoms with Gasteiger partial charge in [-0.3, -0.25) is 4.79 Å². The smallest absolute Gasteiger partial charge is 0.251 e. The molecule has 4 aromatic carbocycles. The number of hydrogen-bond acceptors (Lipinski definition) is 5. The largest absolute Gasteiger partial charge is 0.348 e. The van der Waals surface area contributed by atoms with Gasteiger partial charge in [-0.1, -0.05) is 97.1 Å². The van der Waals surface area contributed by atoms with Gasteiger partial charge in [-0.2, -0.15) is 0 Å². The fraction of sp³-hybridized carbons (Fsp3) is 0.152. The summed E-state index contributed by atoms with van der Waals surface area (Å²) in [6.45, 7) is 2.51. The van der Waals surface area contributed by atoms with Crippen molar-refractivity contribution in [3.8, 4) is 11.3 Å². The van der Waals surface area contributed by atoms with Gasteiger partial charge in [-0.05, 0) is 40.8 Å². The van der Waals surface area contributed by atoms with Crippen LogP contribution < -0.4 is 16.0 Å². The van der Waals surface area contributed by atoms with E-state index in [1.807, 2.05) is 72.8 Å². The highest BCUT2D eigenvalue weighted by atomic mass is 32.1. The third kappa shape index (κ3) is 7.19. The molecule has 0 saturated carbocycles. The summed E-state index contributed by atoms with van der Waals surface area (Å²) in [5, 5.41) is 6.12. The number of thiazole rings is 1. The Kier molecular flexibility index (Phi) is 8.79. The molecule has 0 atom stereocenters. The number of nitrogens with zero attached hydrogens (tertiary/aromatic N) is 2. The second-order valence-corrected chi connectivity index (χ2v) is 10.3. The number of hydrogen-bond donors (Lipinski definition) is 2. The molecule has 0 radical (unpaired) electrons. The van der Waals surface area contributed by atoms with Crippen molar-refractivity contribution in [1.29, 1.82) is 0 Å². The van der Waals surface area contributed by atoms with Gasteiger partial charge in [0.05, 0.1) is 5.69 Å². The van der Waals surface area contributed by atoms with Gasteiger partial charge >= 0.3 is 0 Å². The number of carbonyl (C=O) groups excluding carboxylic acids is 1. The summed E-state index contributed by atoms with van der Waals surface area (Å²) in [4.78, 5) is 20.1. The molecule has 0 saturated heterocycles. The van der Waals surface area contributed by atoms with Crippen LogP contribution in [0.1, 0.15) is 32.6 Å². The van der Waals surface area contributed by atoms with Gasteiger partial charge in [-0.15, -0.1) is 11.3 Å². The van der Waals surface area contributed by atoms with Crippen LogP contribution in [0, 0.1) is 0 Å². The molecule has 0 spiro atoms. The molecule has 0 fully saturated rings. The van der Waals surface area contributed by atoms with E-state index in [4.69, 9.17) is 10.7 Å². The van der Waals surface area contributed by atoms with E-state index in [0.717, 1.165) is 46.0 Å². The van der Waals surface area contributed by atoms with E-state index in [2.05, 4.69) is 52.0 Å². The highest BCUT2D eigenvalue weighted by Crippen LogP contribution is 2.28. The Morgan fingerprint density at radius 2 is 1.49 bits per heavy atom.